The molecule has 3 N–H and O–H groups in total. The molecule has 0 aliphatic carbocycles. The van der Waals surface area contributed by atoms with E-state index < -0.39 is 0 Å². The van der Waals surface area contributed by atoms with E-state index in [0.29, 0.717) is 6.04 Å². The minimum absolute atomic E-state index is 0.384. The van der Waals surface area contributed by atoms with E-state index in [2.05, 4.69) is 12.2 Å². The Labute approximate surface area is 56.8 Å². The van der Waals surface area contributed by atoms with Gasteiger partial charge in [0.2, 0.25) is 0 Å². The van der Waals surface area contributed by atoms with Crippen molar-refractivity contribution >= 4 is 0 Å². The van der Waals surface area contributed by atoms with E-state index in [1.807, 2.05) is 0 Å². The van der Waals surface area contributed by atoms with Gasteiger partial charge in [-0.2, -0.15) is 0 Å². The average Bonchev–Trinajstić information content (AvgIpc) is 2.15. The summed E-state index contributed by atoms with van der Waals surface area (Å²) in [6.45, 7) is 4.46. The summed E-state index contributed by atoms with van der Waals surface area (Å²) in [5, 5.41) is 3.32. The van der Waals surface area contributed by atoms with Crippen LogP contribution in [0.2, 0.25) is 0 Å². The molecule has 0 aromatic heterocycles. The third-order valence-corrected chi connectivity index (χ3v) is 1.87. The summed E-state index contributed by atoms with van der Waals surface area (Å²) >= 11 is 0. The Bertz CT molecular complexity index is 75.0. The largest absolute Gasteiger partial charge is 0.328 e. The third-order valence-electron chi connectivity index (χ3n) is 1.87. The molecule has 0 radical (unpaired) electrons. The first-order chi connectivity index (χ1) is 4.29. The lowest BCUT2D eigenvalue weighted by Crippen LogP contribution is -2.20. The topological polar surface area (TPSA) is 38.0 Å². The predicted molar refractivity (Wildman–Crippen MR) is 39.2 cm³/mol. The molecule has 1 saturated heterocycles. The Hall–Kier alpha value is -0.0800. The fourth-order valence-corrected chi connectivity index (χ4v) is 1.44. The quantitative estimate of drug-likeness (QED) is 0.562. The van der Waals surface area contributed by atoms with Gasteiger partial charge in [0.05, 0.1) is 0 Å². The van der Waals surface area contributed by atoms with E-state index in [4.69, 9.17) is 5.73 Å². The van der Waals surface area contributed by atoms with Gasteiger partial charge >= 0.3 is 0 Å². The Morgan fingerprint density at radius 3 is 3.00 bits per heavy atom. The standard InChI is InChI=1S/C7H16N2/c1-6(8)4-7-2-3-9-5-7/h6-7,9H,2-5,8H2,1H3. The van der Waals surface area contributed by atoms with E-state index >= 15 is 0 Å². The summed E-state index contributed by atoms with van der Waals surface area (Å²) in [7, 11) is 0. The predicted octanol–water partition coefficient (Wildman–Crippen LogP) is 0.333. The average molecular weight is 128 g/mol. The molecule has 1 aliphatic heterocycles. The molecule has 2 heteroatoms. The number of nitrogens with two attached hydrogens (primary N) is 1. The number of rotatable bonds is 2. The molecule has 54 valence electrons. The van der Waals surface area contributed by atoms with Crippen LogP contribution in [0.5, 0.6) is 0 Å². The molecule has 1 heterocycles. The second-order valence-electron chi connectivity index (χ2n) is 3.07. The molecule has 0 aromatic rings. The minimum Gasteiger partial charge on any atom is -0.328 e. The number of hydrogen-bond donors (Lipinski definition) is 2. The van der Waals surface area contributed by atoms with Gasteiger partial charge in [0.1, 0.15) is 0 Å². The van der Waals surface area contributed by atoms with E-state index in [9.17, 15) is 0 Å². The zero-order valence-corrected chi connectivity index (χ0v) is 6.06. The van der Waals surface area contributed by atoms with Crippen molar-refractivity contribution in [1.82, 2.24) is 5.32 Å². The van der Waals surface area contributed by atoms with Crippen LogP contribution in [0.15, 0.2) is 0 Å². The Balaban J connectivity index is 2.11. The van der Waals surface area contributed by atoms with Crippen LogP contribution in [0, 0.1) is 5.92 Å². The van der Waals surface area contributed by atoms with Crippen molar-refractivity contribution in [3.63, 3.8) is 0 Å². The van der Waals surface area contributed by atoms with Crippen LogP contribution in [-0.4, -0.2) is 19.1 Å². The lowest BCUT2D eigenvalue weighted by atomic mass is 10.0. The SMILES string of the molecule is CC(N)CC1CCNC1. The second kappa shape index (κ2) is 3.18. The Kier molecular flexibility index (Phi) is 2.49. The van der Waals surface area contributed by atoms with Crippen LogP contribution < -0.4 is 11.1 Å². The van der Waals surface area contributed by atoms with Gasteiger partial charge in [-0.25, -0.2) is 0 Å². The number of nitrogens with one attached hydrogen (secondary N) is 1. The normalized spacial score (nSPS) is 30.7. The maximum Gasteiger partial charge on any atom is 0.00136 e. The van der Waals surface area contributed by atoms with Gasteiger partial charge in [0, 0.05) is 6.04 Å². The van der Waals surface area contributed by atoms with Gasteiger partial charge in [-0.1, -0.05) is 0 Å². The van der Waals surface area contributed by atoms with Crippen LogP contribution in [0.4, 0.5) is 0 Å². The summed E-state index contributed by atoms with van der Waals surface area (Å²) in [6.07, 6.45) is 2.51. The van der Waals surface area contributed by atoms with E-state index in [1.165, 1.54) is 25.9 Å². The van der Waals surface area contributed by atoms with Gasteiger partial charge in [0.15, 0.2) is 0 Å². The molecule has 1 fully saturated rings. The highest BCUT2D eigenvalue weighted by atomic mass is 14.9. The first-order valence-electron chi connectivity index (χ1n) is 3.75. The van der Waals surface area contributed by atoms with Crippen molar-refractivity contribution in [2.75, 3.05) is 13.1 Å². The molecule has 0 aromatic carbocycles. The van der Waals surface area contributed by atoms with Crippen LogP contribution >= 0.6 is 0 Å². The molecule has 1 aliphatic rings. The van der Waals surface area contributed by atoms with Crippen LogP contribution in [0.3, 0.4) is 0 Å². The van der Waals surface area contributed by atoms with E-state index in [1.54, 1.807) is 0 Å². The minimum atomic E-state index is 0.384. The molecule has 2 unspecified atom stereocenters. The molecule has 0 saturated carbocycles. The fourth-order valence-electron chi connectivity index (χ4n) is 1.44. The summed E-state index contributed by atoms with van der Waals surface area (Å²) in [4.78, 5) is 0. The van der Waals surface area contributed by atoms with Crippen molar-refractivity contribution in [3.8, 4) is 0 Å². The van der Waals surface area contributed by atoms with E-state index in [-0.39, 0.29) is 0 Å². The summed E-state index contributed by atoms with van der Waals surface area (Å²) in [5.74, 6) is 0.852. The highest BCUT2D eigenvalue weighted by molar-refractivity contribution is 4.73. The van der Waals surface area contributed by atoms with E-state index in [0.717, 1.165) is 5.92 Å². The van der Waals surface area contributed by atoms with Crippen molar-refractivity contribution in [2.24, 2.45) is 11.7 Å². The molecule has 9 heavy (non-hydrogen) atoms. The molecule has 2 nitrogen and oxygen atoms in total. The summed E-state index contributed by atoms with van der Waals surface area (Å²) in [5.41, 5.74) is 5.64. The highest BCUT2D eigenvalue weighted by Gasteiger charge is 2.14. The molecule has 0 bridgehead atoms. The van der Waals surface area contributed by atoms with Crippen molar-refractivity contribution in [1.29, 1.82) is 0 Å². The molecule has 1 rings (SSSR count). The summed E-state index contributed by atoms with van der Waals surface area (Å²) in [6, 6.07) is 0.384. The smallest absolute Gasteiger partial charge is 0.00136 e. The fraction of sp³-hybridized carbons (Fsp3) is 1.00. The Morgan fingerprint density at radius 1 is 1.78 bits per heavy atom. The lowest BCUT2D eigenvalue weighted by molar-refractivity contribution is 0.481. The number of hydrogen-bond acceptors (Lipinski definition) is 2. The molecular weight excluding hydrogens is 112 g/mol. The van der Waals surface area contributed by atoms with Crippen LogP contribution in [0.25, 0.3) is 0 Å². The highest BCUT2D eigenvalue weighted by Crippen LogP contribution is 2.12. The molecular formula is C7H16N2. The molecule has 0 amide bonds. The molecule has 0 spiro atoms. The first kappa shape index (κ1) is 7.03. The second-order valence-corrected chi connectivity index (χ2v) is 3.07. The van der Waals surface area contributed by atoms with Gasteiger partial charge in [-0.05, 0) is 38.8 Å². The van der Waals surface area contributed by atoms with Crippen molar-refractivity contribution < 1.29 is 0 Å². The monoisotopic (exact) mass is 128 g/mol. The summed E-state index contributed by atoms with van der Waals surface area (Å²) < 4.78 is 0. The van der Waals surface area contributed by atoms with Crippen molar-refractivity contribution in [2.45, 2.75) is 25.8 Å². The van der Waals surface area contributed by atoms with Gasteiger partial charge in [0.25, 0.3) is 0 Å². The van der Waals surface area contributed by atoms with Crippen LogP contribution in [-0.2, 0) is 0 Å². The molecule has 2 atom stereocenters. The zero-order chi connectivity index (χ0) is 6.69. The van der Waals surface area contributed by atoms with Gasteiger partial charge in [-0.3, -0.25) is 0 Å². The maximum absolute atomic E-state index is 5.64. The maximum atomic E-state index is 5.64. The first-order valence-corrected chi connectivity index (χ1v) is 3.75. The lowest BCUT2D eigenvalue weighted by Gasteiger charge is -2.09. The third kappa shape index (κ3) is 2.33. The van der Waals surface area contributed by atoms with Crippen LogP contribution in [0.1, 0.15) is 19.8 Å². The van der Waals surface area contributed by atoms with Gasteiger partial charge in [-0.15, -0.1) is 0 Å². The Morgan fingerprint density at radius 2 is 2.56 bits per heavy atom. The zero-order valence-electron chi connectivity index (χ0n) is 6.06. The van der Waals surface area contributed by atoms with Crippen molar-refractivity contribution in [3.05, 3.63) is 0 Å². The van der Waals surface area contributed by atoms with Gasteiger partial charge < -0.3 is 11.1 Å².